The van der Waals surface area contributed by atoms with Crippen molar-refractivity contribution in [3.05, 3.63) is 89.0 Å². The van der Waals surface area contributed by atoms with Crippen molar-refractivity contribution in [2.24, 2.45) is 0 Å². The van der Waals surface area contributed by atoms with Gasteiger partial charge in [-0.3, -0.25) is 0 Å². The lowest BCUT2D eigenvalue weighted by Gasteiger charge is -2.19. The number of halogens is 4. The van der Waals surface area contributed by atoms with Gasteiger partial charge in [0, 0.05) is 24.3 Å². The summed E-state index contributed by atoms with van der Waals surface area (Å²) < 4.78 is 66.5. The highest BCUT2D eigenvalue weighted by Crippen LogP contribution is 2.35. The lowest BCUT2D eigenvalue weighted by Crippen LogP contribution is -2.22. The number of rotatable bonds is 5. The van der Waals surface area contributed by atoms with Crippen LogP contribution in [0.5, 0.6) is 5.75 Å². The summed E-state index contributed by atoms with van der Waals surface area (Å²) in [6.07, 6.45) is -1.57. The third-order valence-electron chi connectivity index (χ3n) is 5.27. The van der Waals surface area contributed by atoms with E-state index >= 15 is 0 Å². The van der Waals surface area contributed by atoms with Crippen molar-refractivity contribution in [1.29, 1.82) is 0 Å². The smallest absolute Gasteiger partial charge is 0.426 e. The average molecular weight is 416 g/mol. The lowest BCUT2D eigenvalue weighted by atomic mass is 10.00. The molecule has 1 heterocycles. The summed E-state index contributed by atoms with van der Waals surface area (Å²) in [6.45, 7) is 1.99. The Kier molecular flexibility index (Phi) is 5.52. The fourth-order valence-corrected chi connectivity index (χ4v) is 3.48. The minimum atomic E-state index is -3.74. The quantitative estimate of drug-likeness (QED) is 0.420. The molecule has 4 rings (SSSR count). The first-order chi connectivity index (χ1) is 14.3. The van der Waals surface area contributed by atoms with Crippen molar-refractivity contribution < 1.29 is 27.0 Å². The van der Waals surface area contributed by atoms with Gasteiger partial charge < -0.3 is 9.47 Å². The molecule has 1 fully saturated rings. The molecule has 0 amide bonds. The monoisotopic (exact) mass is 416 g/mol. The van der Waals surface area contributed by atoms with Crippen molar-refractivity contribution in [2.45, 2.75) is 32.0 Å². The Balaban J connectivity index is 1.50. The molecule has 0 aliphatic carbocycles. The molecule has 1 aliphatic heterocycles. The molecule has 1 saturated heterocycles. The Morgan fingerprint density at radius 1 is 0.900 bits per heavy atom. The first-order valence-electron chi connectivity index (χ1n) is 9.68. The largest absolute Gasteiger partial charge is 0.429 e. The number of ether oxygens (including phenoxy) is 2. The first-order valence-corrected chi connectivity index (χ1v) is 9.68. The van der Waals surface area contributed by atoms with Gasteiger partial charge in [0.2, 0.25) is 0 Å². The molecule has 30 heavy (non-hydrogen) atoms. The standard InChI is InChI=1S/C24H20F4O2/c1-15-21(25)13-20(14-22(15)26)30-24(27,28)19-10-8-17(9-11-19)16-4-6-18(7-5-16)23-3-2-12-29-23/h4-11,13-14,23H,2-3,12H2,1H3. The van der Waals surface area contributed by atoms with E-state index in [4.69, 9.17) is 4.74 Å². The molecule has 3 aromatic rings. The average Bonchev–Trinajstić information content (AvgIpc) is 3.27. The van der Waals surface area contributed by atoms with Crippen LogP contribution < -0.4 is 4.74 Å². The second kappa shape index (κ2) is 8.11. The van der Waals surface area contributed by atoms with E-state index in [-0.39, 0.29) is 11.7 Å². The summed E-state index contributed by atoms with van der Waals surface area (Å²) in [6, 6.07) is 14.9. The van der Waals surface area contributed by atoms with Gasteiger partial charge >= 0.3 is 6.11 Å². The Hall–Kier alpha value is -2.86. The number of hydrogen-bond acceptors (Lipinski definition) is 2. The maximum atomic E-state index is 14.5. The SMILES string of the molecule is Cc1c(F)cc(OC(F)(F)c2ccc(-c3ccc(C4CCCO4)cc3)cc2)cc1F. The van der Waals surface area contributed by atoms with Gasteiger partial charge in [-0.05, 0) is 48.6 Å². The zero-order valence-electron chi connectivity index (χ0n) is 16.3. The van der Waals surface area contributed by atoms with E-state index in [1.54, 1.807) is 12.1 Å². The van der Waals surface area contributed by atoms with E-state index in [1.807, 2.05) is 24.3 Å². The molecule has 0 bridgehead atoms. The van der Waals surface area contributed by atoms with Crippen LogP contribution in [0.3, 0.4) is 0 Å². The van der Waals surface area contributed by atoms with E-state index in [0.29, 0.717) is 0 Å². The molecular formula is C24H20F4O2. The van der Waals surface area contributed by atoms with E-state index < -0.39 is 29.1 Å². The summed E-state index contributed by atoms with van der Waals surface area (Å²) in [5.41, 5.74) is 2.09. The summed E-state index contributed by atoms with van der Waals surface area (Å²) in [4.78, 5) is 0. The molecule has 0 N–H and O–H groups in total. The highest BCUT2D eigenvalue weighted by molar-refractivity contribution is 5.64. The second-order valence-corrected chi connectivity index (χ2v) is 7.33. The molecular weight excluding hydrogens is 396 g/mol. The van der Waals surface area contributed by atoms with Crippen molar-refractivity contribution in [1.82, 2.24) is 0 Å². The maximum absolute atomic E-state index is 14.5. The second-order valence-electron chi connectivity index (χ2n) is 7.33. The Labute approximate surface area is 172 Å². The van der Waals surface area contributed by atoms with Gasteiger partial charge in [0.15, 0.2) is 0 Å². The Bertz CT molecular complexity index is 1000. The minimum absolute atomic E-state index is 0.119. The zero-order valence-corrected chi connectivity index (χ0v) is 16.3. The summed E-state index contributed by atoms with van der Waals surface area (Å²) >= 11 is 0. The molecule has 1 atom stereocenters. The minimum Gasteiger partial charge on any atom is -0.429 e. The van der Waals surface area contributed by atoms with Crippen LogP contribution in [0.2, 0.25) is 0 Å². The molecule has 0 saturated carbocycles. The molecule has 156 valence electrons. The maximum Gasteiger partial charge on any atom is 0.426 e. The van der Waals surface area contributed by atoms with Crippen LogP contribution >= 0.6 is 0 Å². The molecule has 0 aromatic heterocycles. The topological polar surface area (TPSA) is 18.5 Å². The van der Waals surface area contributed by atoms with E-state index in [2.05, 4.69) is 4.74 Å². The third kappa shape index (κ3) is 4.19. The van der Waals surface area contributed by atoms with Gasteiger partial charge in [0.25, 0.3) is 0 Å². The van der Waals surface area contributed by atoms with Gasteiger partial charge in [-0.2, -0.15) is 8.78 Å². The van der Waals surface area contributed by atoms with Crippen LogP contribution in [0.1, 0.15) is 35.6 Å². The van der Waals surface area contributed by atoms with Crippen LogP contribution in [-0.4, -0.2) is 6.61 Å². The highest BCUT2D eigenvalue weighted by Gasteiger charge is 2.35. The van der Waals surface area contributed by atoms with Crippen molar-refractivity contribution in [3.63, 3.8) is 0 Å². The van der Waals surface area contributed by atoms with Crippen LogP contribution in [0.15, 0.2) is 60.7 Å². The molecule has 0 spiro atoms. The van der Waals surface area contributed by atoms with E-state index in [0.717, 1.165) is 48.3 Å². The van der Waals surface area contributed by atoms with Crippen molar-refractivity contribution in [2.75, 3.05) is 6.61 Å². The van der Waals surface area contributed by atoms with Crippen molar-refractivity contribution >= 4 is 0 Å². The summed E-state index contributed by atoms with van der Waals surface area (Å²) in [7, 11) is 0. The highest BCUT2D eigenvalue weighted by atomic mass is 19.3. The predicted octanol–water partition coefficient (Wildman–Crippen LogP) is 6.92. The van der Waals surface area contributed by atoms with Gasteiger partial charge in [-0.15, -0.1) is 0 Å². The fourth-order valence-electron chi connectivity index (χ4n) is 3.48. The molecule has 0 radical (unpaired) electrons. The zero-order chi connectivity index (χ0) is 21.3. The normalized spacial score (nSPS) is 16.6. The molecule has 1 aliphatic rings. The van der Waals surface area contributed by atoms with Crippen LogP contribution in [0.25, 0.3) is 11.1 Å². The summed E-state index contributed by atoms with van der Waals surface area (Å²) in [5, 5.41) is 0. The van der Waals surface area contributed by atoms with Gasteiger partial charge in [0.1, 0.15) is 17.4 Å². The van der Waals surface area contributed by atoms with Crippen LogP contribution in [0, 0.1) is 18.6 Å². The van der Waals surface area contributed by atoms with Crippen molar-refractivity contribution in [3.8, 4) is 16.9 Å². The molecule has 3 aromatic carbocycles. The fraction of sp³-hybridized carbons (Fsp3) is 0.250. The van der Waals surface area contributed by atoms with Crippen LogP contribution in [0.4, 0.5) is 17.6 Å². The van der Waals surface area contributed by atoms with E-state index in [9.17, 15) is 17.6 Å². The van der Waals surface area contributed by atoms with Gasteiger partial charge in [0.05, 0.1) is 11.7 Å². The molecule has 2 nitrogen and oxygen atoms in total. The van der Waals surface area contributed by atoms with Gasteiger partial charge in [-0.1, -0.05) is 36.4 Å². The molecule has 6 heteroatoms. The van der Waals surface area contributed by atoms with E-state index in [1.165, 1.54) is 19.1 Å². The number of hydrogen-bond donors (Lipinski definition) is 0. The summed E-state index contributed by atoms with van der Waals surface area (Å²) in [5.74, 6) is -2.46. The first kappa shape index (κ1) is 20.4. The van der Waals surface area contributed by atoms with Gasteiger partial charge in [-0.25, -0.2) is 8.78 Å². The number of alkyl halides is 2. The third-order valence-corrected chi connectivity index (χ3v) is 5.27. The lowest BCUT2D eigenvalue weighted by molar-refractivity contribution is -0.185. The van der Waals surface area contributed by atoms with Crippen LogP contribution in [-0.2, 0) is 10.8 Å². The number of benzene rings is 3. The Morgan fingerprint density at radius 3 is 2.00 bits per heavy atom. The Morgan fingerprint density at radius 2 is 1.47 bits per heavy atom. The predicted molar refractivity (Wildman–Crippen MR) is 105 cm³/mol. The molecule has 1 unspecified atom stereocenters.